The van der Waals surface area contributed by atoms with Gasteiger partial charge < -0.3 is 5.32 Å². The van der Waals surface area contributed by atoms with Crippen LogP contribution in [0.1, 0.15) is 39.0 Å². The lowest BCUT2D eigenvalue weighted by atomic mass is 9.84. The van der Waals surface area contributed by atoms with Gasteiger partial charge in [-0.05, 0) is 43.7 Å². The van der Waals surface area contributed by atoms with Gasteiger partial charge in [0, 0.05) is 6.04 Å². The second-order valence-corrected chi connectivity index (χ2v) is 4.90. The summed E-state index contributed by atoms with van der Waals surface area (Å²) in [4.78, 5) is 0. The Hall–Kier alpha value is -0.830. The van der Waals surface area contributed by atoms with Gasteiger partial charge in [0.2, 0.25) is 0 Å². The normalized spacial score (nSPS) is 25.4. The molecule has 1 fully saturated rings. The molecule has 0 radical (unpaired) electrons. The monoisotopic (exact) mass is 239 g/mol. The smallest absolute Gasteiger partial charge is 0.151 e. The Morgan fingerprint density at radius 3 is 2.56 bits per heavy atom. The fourth-order valence-corrected chi connectivity index (χ4v) is 2.42. The topological polar surface area (TPSA) is 37.8 Å². The molecule has 0 atom stereocenters. The van der Waals surface area contributed by atoms with Crippen molar-refractivity contribution in [3.05, 3.63) is 17.3 Å². The van der Waals surface area contributed by atoms with Crippen molar-refractivity contribution in [1.82, 2.24) is 10.2 Å². The van der Waals surface area contributed by atoms with E-state index in [0.29, 0.717) is 11.2 Å². The van der Waals surface area contributed by atoms with Crippen LogP contribution in [0, 0.1) is 5.92 Å². The number of halogens is 1. The fourth-order valence-electron chi connectivity index (χ4n) is 2.32. The predicted octanol–water partition coefficient (Wildman–Crippen LogP) is 3.51. The first-order chi connectivity index (χ1) is 7.78. The molecular weight excluding hydrogens is 222 g/mol. The van der Waals surface area contributed by atoms with E-state index in [0.717, 1.165) is 11.7 Å². The second kappa shape index (κ2) is 5.48. The zero-order valence-electron chi connectivity index (χ0n) is 9.62. The third kappa shape index (κ3) is 3.08. The molecule has 0 saturated heterocycles. The summed E-state index contributed by atoms with van der Waals surface area (Å²) in [6.07, 6.45) is 6.45. The number of nitrogens with zero attached hydrogens (tertiary/aromatic N) is 2. The molecule has 0 bridgehead atoms. The maximum Gasteiger partial charge on any atom is 0.151 e. The molecule has 0 spiro atoms. The molecule has 1 aliphatic carbocycles. The van der Waals surface area contributed by atoms with Gasteiger partial charge in [-0.25, -0.2) is 0 Å². The summed E-state index contributed by atoms with van der Waals surface area (Å²) in [6.45, 7) is 2.28. The van der Waals surface area contributed by atoms with E-state index in [9.17, 15) is 0 Å². The first-order valence-electron chi connectivity index (χ1n) is 6.03. The Morgan fingerprint density at radius 2 is 2.00 bits per heavy atom. The van der Waals surface area contributed by atoms with Crippen molar-refractivity contribution in [3.63, 3.8) is 0 Å². The molecule has 1 saturated carbocycles. The number of aromatic nitrogens is 2. The highest BCUT2D eigenvalue weighted by molar-refractivity contribution is 6.29. The van der Waals surface area contributed by atoms with Crippen LogP contribution in [0.4, 0.5) is 5.82 Å². The molecule has 2 rings (SSSR count). The van der Waals surface area contributed by atoms with E-state index in [1.54, 1.807) is 6.07 Å². The van der Waals surface area contributed by atoms with Gasteiger partial charge in [0.15, 0.2) is 5.15 Å². The van der Waals surface area contributed by atoms with Crippen LogP contribution < -0.4 is 5.32 Å². The lowest BCUT2D eigenvalue weighted by Crippen LogP contribution is -2.26. The number of anilines is 1. The molecule has 3 nitrogen and oxygen atoms in total. The third-order valence-electron chi connectivity index (χ3n) is 3.41. The summed E-state index contributed by atoms with van der Waals surface area (Å²) >= 11 is 5.69. The zero-order valence-corrected chi connectivity index (χ0v) is 10.4. The van der Waals surface area contributed by atoms with Crippen LogP contribution in [-0.4, -0.2) is 16.2 Å². The predicted molar refractivity (Wildman–Crippen MR) is 66.7 cm³/mol. The number of nitrogens with one attached hydrogen (secondary N) is 1. The average Bonchev–Trinajstić information content (AvgIpc) is 2.33. The van der Waals surface area contributed by atoms with Crippen molar-refractivity contribution in [3.8, 4) is 0 Å². The van der Waals surface area contributed by atoms with Crippen molar-refractivity contribution in [2.75, 3.05) is 5.32 Å². The minimum Gasteiger partial charge on any atom is -0.366 e. The molecule has 1 aromatic rings. The minimum absolute atomic E-state index is 0.445. The second-order valence-electron chi connectivity index (χ2n) is 4.51. The Kier molecular flexibility index (Phi) is 3.99. The summed E-state index contributed by atoms with van der Waals surface area (Å²) in [5, 5.41) is 11.7. The van der Waals surface area contributed by atoms with Gasteiger partial charge in [0.05, 0.1) is 0 Å². The van der Waals surface area contributed by atoms with E-state index in [2.05, 4.69) is 22.4 Å². The molecule has 4 heteroatoms. The first-order valence-corrected chi connectivity index (χ1v) is 6.41. The van der Waals surface area contributed by atoms with Gasteiger partial charge in [-0.15, -0.1) is 10.2 Å². The maximum atomic E-state index is 5.69. The van der Waals surface area contributed by atoms with Crippen molar-refractivity contribution < 1.29 is 0 Å². The Balaban J connectivity index is 1.84. The molecule has 1 aromatic heterocycles. The summed E-state index contributed by atoms with van der Waals surface area (Å²) in [6, 6.07) is 4.22. The standard InChI is InChI=1S/C12H18ClN3/c1-2-9-3-5-10(6-4-9)14-12-8-7-11(13)15-16-12/h7-10H,2-6H2,1H3,(H,14,16). The van der Waals surface area contributed by atoms with Gasteiger partial charge in [0.1, 0.15) is 5.82 Å². The molecule has 0 unspecified atom stereocenters. The lowest BCUT2D eigenvalue weighted by Gasteiger charge is -2.28. The average molecular weight is 240 g/mol. The molecule has 0 aromatic carbocycles. The number of hydrogen-bond donors (Lipinski definition) is 1. The molecule has 0 aliphatic heterocycles. The van der Waals surface area contributed by atoms with E-state index < -0.39 is 0 Å². The molecular formula is C12H18ClN3. The van der Waals surface area contributed by atoms with Crippen LogP contribution in [-0.2, 0) is 0 Å². The molecule has 1 aliphatic rings. The van der Waals surface area contributed by atoms with Crippen molar-refractivity contribution in [1.29, 1.82) is 0 Å². The highest BCUT2D eigenvalue weighted by Gasteiger charge is 2.19. The van der Waals surface area contributed by atoms with Gasteiger partial charge in [-0.2, -0.15) is 0 Å². The van der Waals surface area contributed by atoms with Crippen LogP contribution in [0.3, 0.4) is 0 Å². The third-order valence-corrected chi connectivity index (χ3v) is 3.61. The van der Waals surface area contributed by atoms with Crippen molar-refractivity contribution in [2.24, 2.45) is 5.92 Å². The van der Waals surface area contributed by atoms with E-state index >= 15 is 0 Å². The van der Waals surface area contributed by atoms with Crippen LogP contribution in [0.15, 0.2) is 12.1 Å². The number of rotatable bonds is 3. The van der Waals surface area contributed by atoms with E-state index in [1.807, 2.05) is 6.07 Å². The van der Waals surface area contributed by atoms with Gasteiger partial charge in [0.25, 0.3) is 0 Å². The van der Waals surface area contributed by atoms with E-state index in [4.69, 9.17) is 11.6 Å². The zero-order chi connectivity index (χ0) is 11.4. The Bertz CT molecular complexity index is 318. The summed E-state index contributed by atoms with van der Waals surface area (Å²) in [5.41, 5.74) is 0. The van der Waals surface area contributed by atoms with Crippen LogP contribution in [0.25, 0.3) is 0 Å². The lowest BCUT2D eigenvalue weighted by molar-refractivity contribution is 0.329. The highest BCUT2D eigenvalue weighted by Crippen LogP contribution is 2.27. The quantitative estimate of drug-likeness (QED) is 0.877. The minimum atomic E-state index is 0.445. The summed E-state index contributed by atoms with van der Waals surface area (Å²) in [5.74, 6) is 1.76. The highest BCUT2D eigenvalue weighted by atomic mass is 35.5. The van der Waals surface area contributed by atoms with Gasteiger partial charge in [-0.3, -0.25) is 0 Å². The van der Waals surface area contributed by atoms with Crippen molar-refractivity contribution >= 4 is 17.4 Å². The van der Waals surface area contributed by atoms with Crippen molar-refractivity contribution in [2.45, 2.75) is 45.1 Å². The van der Waals surface area contributed by atoms with Crippen LogP contribution in [0.5, 0.6) is 0 Å². The first kappa shape index (κ1) is 11.6. The molecule has 1 N–H and O–H groups in total. The molecule has 1 heterocycles. The van der Waals surface area contributed by atoms with Crippen LogP contribution >= 0.6 is 11.6 Å². The fraction of sp³-hybridized carbons (Fsp3) is 0.667. The van der Waals surface area contributed by atoms with E-state index in [1.165, 1.54) is 32.1 Å². The van der Waals surface area contributed by atoms with Crippen LogP contribution in [0.2, 0.25) is 5.15 Å². The molecule has 16 heavy (non-hydrogen) atoms. The maximum absolute atomic E-state index is 5.69. The summed E-state index contributed by atoms with van der Waals surface area (Å²) < 4.78 is 0. The molecule has 88 valence electrons. The SMILES string of the molecule is CCC1CCC(Nc2ccc(Cl)nn2)CC1. The van der Waals surface area contributed by atoms with Gasteiger partial charge in [-0.1, -0.05) is 24.9 Å². The summed E-state index contributed by atoms with van der Waals surface area (Å²) in [7, 11) is 0. The molecule has 0 amide bonds. The van der Waals surface area contributed by atoms with E-state index in [-0.39, 0.29) is 0 Å². The Morgan fingerprint density at radius 1 is 1.25 bits per heavy atom. The van der Waals surface area contributed by atoms with Gasteiger partial charge >= 0.3 is 0 Å². The number of hydrogen-bond acceptors (Lipinski definition) is 3. The Labute approximate surface area is 102 Å². The largest absolute Gasteiger partial charge is 0.366 e.